The fourth-order valence-corrected chi connectivity index (χ4v) is 9.05. The van der Waals surface area contributed by atoms with Crippen LogP contribution in [0.2, 0.25) is 0 Å². The van der Waals surface area contributed by atoms with E-state index in [-0.39, 0.29) is 30.9 Å². The largest absolute Gasteiger partial charge is 0.483 e. The molecule has 0 bridgehead atoms. The summed E-state index contributed by atoms with van der Waals surface area (Å²) in [5, 5.41) is 58.0. The summed E-state index contributed by atoms with van der Waals surface area (Å²) in [5.41, 5.74) is -0.837. The molecule has 0 spiro atoms. The zero-order chi connectivity index (χ0) is 41.2. The molecule has 1 aromatic heterocycles. The maximum absolute atomic E-state index is 13.7. The summed E-state index contributed by atoms with van der Waals surface area (Å²) in [7, 11) is 2.07. The summed E-state index contributed by atoms with van der Waals surface area (Å²) in [6.07, 6.45) is -5.56. The van der Waals surface area contributed by atoms with Gasteiger partial charge in [0.25, 0.3) is 0 Å². The topological polar surface area (TPSA) is 179 Å². The van der Waals surface area contributed by atoms with Crippen molar-refractivity contribution in [2.24, 2.45) is 17.8 Å². The Labute approximate surface area is 328 Å². The minimum atomic E-state index is -1.77. The number of aryl methyl sites for hydroxylation is 2. The van der Waals surface area contributed by atoms with Crippen LogP contribution >= 0.6 is 0 Å². The first-order valence-electron chi connectivity index (χ1n) is 20.1. The van der Waals surface area contributed by atoms with Crippen molar-refractivity contribution in [2.45, 2.75) is 174 Å². The number of ether oxygens (including phenoxy) is 4. The normalized spacial score (nSPS) is 38.9. The van der Waals surface area contributed by atoms with Crippen LogP contribution in [-0.4, -0.2) is 121 Å². The average Bonchev–Trinajstić information content (AvgIpc) is 3.48. The Morgan fingerprint density at radius 1 is 1.05 bits per heavy atom. The molecule has 2 aliphatic rings. The number of carbonyl (C=O) groups is 1. The van der Waals surface area contributed by atoms with Gasteiger partial charge in [-0.05, 0) is 113 Å². The van der Waals surface area contributed by atoms with Crippen LogP contribution in [-0.2, 0) is 24.5 Å². The summed E-state index contributed by atoms with van der Waals surface area (Å²) >= 11 is 0. The number of aliphatic hydroxyl groups is 4. The molecule has 13 nitrogen and oxygen atoms in total. The number of aliphatic hydroxyl groups excluding tert-OH is 2. The van der Waals surface area contributed by atoms with E-state index in [9.17, 15) is 25.2 Å². The number of aromatic amines is 1. The van der Waals surface area contributed by atoms with Gasteiger partial charge in [0.1, 0.15) is 23.6 Å². The molecule has 0 radical (unpaired) electrons. The Kier molecular flexibility index (Phi) is 14.7. The molecular formula is C42H70N4O9. The zero-order valence-electron chi connectivity index (χ0n) is 35.4. The second-order valence-corrected chi connectivity index (χ2v) is 17.6. The molecular weight excluding hydrogens is 704 g/mol. The second-order valence-electron chi connectivity index (χ2n) is 17.6. The van der Waals surface area contributed by atoms with Crippen LogP contribution in [0.5, 0.6) is 5.75 Å². The van der Waals surface area contributed by atoms with E-state index in [0.29, 0.717) is 18.7 Å². The third kappa shape index (κ3) is 9.92. The SMILES string of the molecule is CCC1OC(=O)C(C)C(O)C(C)C(O[C@@H]2O[C@H](C)C[C@H](N(C)C(C)(C)c3c(C)n[nH]c3C)[C@H]2Oc2ccccc2)C(C)(O)CC(C)CNC(C)C(O)C1(C)O. The van der Waals surface area contributed by atoms with Gasteiger partial charge in [0.05, 0.1) is 41.6 Å². The molecule has 13 heteroatoms. The summed E-state index contributed by atoms with van der Waals surface area (Å²) in [6, 6.07) is 8.68. The molecule has 2 fully saturated rings. The summed E-state index contributed by atoms with van der Waals surface area (Å²) < 4.78 is 26.2. The van der Waals surface area contributed by atoms with Gasteiger partial charge in [-0.2, -0.15) is 5.10 Å². The number of esters is 1. The Bertz CT molecular complexity index is 1510. The molecule has 1 aromatic carbocycles. The highest BCUT2D eigenvalue weighted by Gasteiger charge is 2.52. The molecule has 14 atom stereocenters. The monoisotopic (exact) mass is 775 g/mol. The predicted molar refractivity (Wildman–Crippen MR) is 210 cm³/mol. The highest BCUT2D eigenvalue weighted by atomic mass is 16.7. The smallest absolute Gasteiger partial charge is 0.311 e. The zero-order valence-corrected chi connectivity index (χ0v) is 35.4. The lowest BCUT2D eigenvalue weighted by molar-refractivity contribution is -0.297. The number of rotatable bonds is 8. The van der Waals surface area contributed by atoms with Gasteiger partial charge in [-0.3, -0.25) is 14.8 Å². The molecule has 0 saturated carbocycles. The third-order valence-corrected chi connectivity index (χ3v) is 12.4. The Balaban J connectivity index is 1.78. The number of hydrogen-bond donors (Lipinski definition) is 6. The number of para-hydroxylation sites is 1. The van der Waals surface area contributed by atoms with E-state index in [0.717, 1.165) is 17.0 Å². The molecule has 6 N–H and O–H groups in total. The fourth-order valence-electron chi connectivity index (χ4n) is 9.05. The fraction of sp³-hybridized carbons (Fsp3) is 0.762. The van der Waals surface area contributed by atoms with Crippen LogP contribution in [0.4, 0.5) is 0 Å². The van der Waals surface area contributed by atoms with E-state index in [1.54, 1.807) is 34.6 Å². The highest BCUT2D eigenvalue weighted by molar-refractivity contribution is 5.73. The van der Waals surface area contributed by atoms with Crippen LogP contribution in [0.25, 0.3) is 0 Å². The van der Waals surface area contributed by atoms with E-state index in [2.05, 4.69) is 41.3 Å². The van der Waals surface area contributed by atoms with Crippen LogP contribution in [0.1, 0.15) is 105 Å². The quantitative estimate of drug-likeness (QED) is 0.209. The molecule has 2 aliphatic heterocycles. The molecule has 312 valence electrons. The van der Waals surface area contributed by atoms with Crippen molar-refractivity contribution in [1.29, 1.82) is 0 Å². The van der Waals surface area contributed by atoms with E-state index in [4.69, 9.17) is 18.9 Å². The van der Waals surface area contributed by atoms with Crippen LogP contribution in [0.3, 0.4) is 0 Å². The lowest BCUT2D eigenvalue weighted by Crippen LogP contribution is -2.63. The number of H-pyrrole nitrogens is 1. The molecule has 4 rings (SSSR count). The molecule has 3 heterocycles. The van der Waals surface area contributed by atoms with Crippen LogP contribution in [0.15, 0.2) is 30.3 Å². The first-order chi connectivity index (χ1) is 25.5. The maximum Gasteiger partial charge on any atom is 0.311 e. The van der Waals surface area contributed by atoms with Crippen molar-refractivity contribution >= 4 is 5.97 Å². The van der Waals surface area contributed by atoms with Crippen molar-refractivity contribution in [3.8, 4) is 5.75 Å². The molecule has 2 aromatic rings. The number of aromatic nitrogens is 2. The molecule has 10 unspecified atom stereocenters. The van der Waals surface area contributed by atoms with Crippen LogP contribution < -0.4 is 10.1 Å². The van der Waals surface area contributed by atoms with Crippen molar-refractivity contribution in [3.63, 3.8) is 0 Å². The number of nitrogens with one attached hydrogen (secondary N) is 2. The summed E-state index contributed by atoms with van der Waals surface area (Å²) in [6.45, 7) is 22.7. The van der Waals surface area contributed by atoms with Gasteiger partial charge in [0, 0.05) is 28.8 Å². The molecule has 2 saturated heterocycles. The Hall–Kier alpha value is -2.62. The summed E-state index contributed by atoms with van der Waals surface area (Å²) in [4.78, 5) is 16.0. The molecule has 0 aliphatic carbocycles. The standard InChI is InChI=1S/C42H70N4O9/c1-14-32-42(12,51)36(48)29(8)43-22-23(2)21-41(11,50)37(25(4)34(47)26(5)38(49)54-32)55-39-35(53-30-18-16-15-17-19-30)31(20-24(3)52-39)46(13)40(9,10)33-27(6)44-45-28(33)7/h15-19,23-26,29,31-32,34-37,39,43,47-48,50-51H,14,20-22H2,1-13H3,(H,44,45)/t23?,24-,25?,26?,29?,31+,32?,34?,35-,36?,37?,39+,41?,42?/m1/s1. The van der Waals surface area contributed by atoms with Gasteiger partial charge in [-0.25, -0.2) is 0 Å². The van der Waals surface area contributed by atoms with Gasteiger partial charge < -0.3 is 44.7 Å². The highest BCUT2D eigenvalue weighted by Crippen LogP contribution is 2.40. The maximum atomic E-state index is 13.7. The van der Waals surface area contributed by atoms with Crippen molar-refractivity contribution in [1.82, 2.24) is 20.4 Å². The van der Waals surface area contributed by atoms with E-state index in [1.807, 2.05) is 58.0 Å². The Morgan fingerprint density at radius 3 is 2.27 bits per heavy atom. The van der Waals surface area contributed by atoms with E-state index in [1.165, 1.54) is 6.92 Å². The second kappa shape index (κ2) is 17.9. The Morgan fingerprint density at radius 2 is 1.69 bits per heavy atom. The van der Waals surface area contributed by atoms with Gasteiger partial charge in [-0.15, -0.1) is 0 Å². The van der Waals surface area contributed by atoms with Gasteiger partial charge >= 0.3 is 5.97 Å². The molecule has 55 heavy (non-hydrogen) atoms. The number of benzene rings is 1. The first-order valence-corrected chi connectivity index (χ1v) is 20.1. The molecule has 0 amide bonds. The average molecular weight is 775 g/mol. The summed E-state index contributed by atoms with van der Waals surface area (Å²) in [5.74, 6) is -2.13. The minimum Gasteiger partial charge on any atom is -0.483 e. The van der Waals surface area contributed by atoms with Crippen molar-refractivity contribution in [2.75, 3.05) is 13.6 Å². The minimum absolute atomic E-state index is 0.142. The van der Waals surface area contributed by atoms with E-state index >= 15 is 0 Å². The van der Waals surface area contributed by atoms with Gasteiger partial charge in [-0.1, -0.05) is 39.0 Å². The van der Waals surface area contributed by atoms with Crippen molar-refractivity contribution in [3.05, 3.63) is 47.3 Å². The number of hydrogen-bond acceptors (Lipinski definition) is 12. The lowest BCUT2D eigenvalue weighted by Gasteiger charge is -2.51. The van der Waals surface area contributed by atoms with Gasteiger partial charge in [0.2, 0.25) is 0 Å². The van der Waals surface area contributed by atoms with Crippen molar-refractivity contribution < 1.29 is 44.2 Å². The number of likely N-dealkylation sites (N-methyl/N-ethyl adjacent to an activating group) is 1. The third-order valence-electron chi connectivity index (χ3n) is 12.4. The lowest BCUT2D eigenvalue weighted by atomic mass is 9.78. The number of carbonyl (C=O) groups excluding carboxylic acids is 1. The number of nitrogens with zero attached hydrogens (tertiary/aromatic N) is 2. The van der Waals surface area contributed by atoms with Gasteiger partial charge in [0.15, 0.2) is 12.4 Å². The van der Waals surface area contributed by atoms with Crippen LogP contribution in [0, 0.1) is 31.6 Å². The number of cyclic esters (lactones) is 1. The predicted octanol–water partition coefficient (Wildman–Crippen LogP) is 4.37. The van der Waals surface area contributed by atoms with E-state index < -0.39 is 77.4 Å². The first kappa shape index (κ1) is 45.1.